The molecule has 0 fully saturated rings. The van der Waals surface area contributed by atoms with Gasteiger partial charge in [0.15, 0.2) is 6.54 Å². The van der Waals surface area contributed by atoms with Crippen molar-refractivity contribution in [1.29, 1.82) is 0 Å². The van der Waals surface area contributed by atoms with E-state index in [0.717, 1.165) is 35.5 Å². The zero-order valence-electron chi connectivity index (χ0n) is 28.5. The van der Waals surface area contributed by atoms with E-state index in [1.165, 1.54) is 27.9 Å². The number of hydrogen-bond donors (Lipinski definition) is 1. The Bertz CT molecular complexity index is 1780. The number of methoxy groups -OCH3 is 1. The van der Waals surface area contributed by atoms with Crippen LogP contribution >= 0.6 is 0 Å². The Morgan fingerprint density at radius 1 is 0.804 bits per heavy atom. The number of nitrogens with zero attached hydrogens (tertiary/aromatic N) is 2. The van der Waals surface area contributed by atoms with E-state index in [0.29, 0.717) is 29.3 Å². The summed E-state index contributed by atoms with van der Waals surface area (Å²) in [5.74, 6) is -0.0850. The number of carbonyl (C=O) groups is 1. The largest absolute Gasteiger partial charge is 0.506 e. The summed E-state index contributed by atoms with van der Waals surface area (Å²) in [6, 6.07) is 21.3. The van der Waals surface area contributed by atoms with E-state index in [1.807, 2.05) is 48.6 Å². The first-order chi connectivity index (χ1) is 22.1. The molecule has 238 valence electrons. The smallest absolute Gasteiger partial charge is 0.208 e. The van der Waals surface area contributed by atoms with Crippen molar-refractivity contribution in [2.45, 2.75) is 73.5 Å². The summed E-state index contributed by atoms with van der Waals surface area (Å²) >= 11 is 0. The highest BCUT2D eigenvalue weighted by atomic mass is 16.5. The van der Waals surface area contributed by atoms with Gasteiger partial charge in [-0.05, 0) is 101 Å². The van der Waals surface area contributed by atoms with Crippen molar-refractivity contribution < 1.29 is 19.2 Å². The van der Waals surface area contributed by atoms with Gasteiger partial charge in [-0.1, -0.05) is 55.3 Å². The zero-order valence-corrected chi connectivity index (χ0v) is 28.5. The molecule has 46 heavy (non-hydrogen) atoms. The Hall–Kier alpha value is -4.48. The van der Waals surface area contributed by atoms with E-state index in [-0.39, 0.29) is 17.6 Å². The van der Waals surface area contributed by atoms with Crippen LogP contribution in [0.2, 0.25) is 0 Å². The Labute approximate surface area is 274 Å². The van der Waals surface area contributed by atoms with E-state index < -0.39 is 0 Å². The number of ether oxygens (including phenoxy) is 1. The van der Waals surface area contributed by atoms with Gasteiger partial charge >= 0.3 is 0 Å². The molecule has 2 atom stereocenters. The van der Waals surface area contributed by atoms with Crippen LogP contribution in [0.3, 0.4) is 0 Å². The van der Waals surface area contributed by atoms with E-state index in [2.05, 4.69) is 94.3 Å². The van der Waals surface area contributed by atoms with Gasteiger partial charge in [0.1, 0.15) is 11.9 Å². The highest BCUT2D eigenvalue weighted by Crippen LogP contribution is 2.40. The molecule has 2 aliphatic rings. The van der Waals surface area contributed by atoms with Gasteiger partial charge < -0.3 is 14.7 Å². The number of aliphatic hydroxyl groups excluding tert-OH is 1. The Morgan fingerprint density at radius 3 is 1.98 bits per heavy atom. The zero-order chi connectivity index (χ0) is 33.1. The molecule has 3 aromatic carbocycles. The van der Waals surface area contributed by atoms with Gasteiger partial charge in [-0.3, -0.25) is 4.79 Å². The lowest BCUT2D eigenvalue weighted by Gasteiger charge is -2.33. The van der Waals surface area contributed by atoms with E-state index in [4.69, 9.17) is 4.74 Å². The van der Waals surface area contributed by atoms with Gasteiger partial charge in [0.05, 0.1) is 11.1 Å². The van der Waals surface area contributed by atoms with Crippen LogP contribution in [-0.4, -0.2) is 47.0 Å². The number of Topliss-reactive ketones (excluding diaryl/α,β-unsaturated/α-hetero) is 1. The monoisotopic (exact) mass is 615 g/mol. The van der Waals surface area contributed by atoms with Gasteiger partial charge in [-0.2, -0.15) is 4.58 Å². The Balaban J connectivity index is 1.45. The molecule has 0 radical (unpaired) electrons. The van der Waals surface area contributed by atoms with Crippen LogP contribution in [-0.2, 0) is 9.53 Å². The minimum Gasteiger partial charge on any atom is -0.506 e. The van der Waals surface area contributed by atoms with Crippen molar-refractivity contribution in [2.24, 2.45) is 0 Å². The van der Waals surface area contributed by atoms with Crippen LogP contribution in [0.1, 0.15) is 61.4 Å². The van der Waals surface area contributed by atoms with Gasteiger partial charge in [-0.25, -0.2) is 0 Å². The van der Waals surface area contributed by atoms with Crippen LogP contribution in [0.5, 0.6) is 0 Å². The molecule has 0 aliphatic heterocycles. The second-order valence-electron chi connectivity index (χ2n) is 12.6. The first-order valence-corrected chi connectivity index (χ1v) is 16.4. The summed E-state index contributed by atoms with van der Waals surface area (Å²) in [6.07, 6.45) is 9.86. The first kappa shape index (κ1) is 32.9. The maximum absolute atomic E-state index is 13.5. The number of benzene rings is 3. The average molecular weight is 616 g/mol. The van der Waals surface area contributed by atoms with Crippen LogP contribution < -0.4 is 4.90 Å². The van der Waals surface area contributed by atoms with Crippen molar-refractivity contribution in [3.63, 3.8) is 0 Å². The molecule has 0 aromatic heterocycles. The maximum Gasteiger partial charge on any atom is 0.208 e. The fourth-order valence-corrected chi connectivity index (χ4v) is 6.45. The molecule has 1 N–H and O–H groups in total. The van der Waals surface area contributed by atoms with Crippen LogP contribution in [0.4, 0.5) is 17.1 Å². The predicted molar refractivity (Wildman–Crippen MR) is 191 cm³/mol. The predicted octanol–water partition coefficient (Wildman–Crippen LogP) is 9.34. The molecule has 0 amide bonds. The standard InChI is InChI=1S/C41H46N2O3/c1-9-30(7)43(37-22-12-27(4)24-29(37)6)34-19-15-32(16-20-34)39-40(44)38(41(39)45)31-13-17-33(18-14-31)42(25-35(10-2)46-8)36-21-11-26(3)23-28(36)5/h11-24,30,35H,9-10,25H2,1-8H3/p+1. The second-order valence-corrected chi connectivity index (χ2v) is 12.6. The minimum atomic E-state index is -0.136. The van der Waals surface area contributed by atoms with Gasteiger partial charge in [0, 0.05) is 48.3 Å². The molecule has 5 heteroatoms. The number of anilines is 2. The summed E-state index contributed by atoms with van der Waals surface area (Å²) in [6.45, 7) is 15.7. The van der Waals surface area contributed by atoms with Crippen molar-refractivity contribution in [1.82, 2.24) is 0 Å². The topological polar surface area (TPSA) is 52.8 Å². The van der Waals surface area contributed by atoms with E-state index in [9.17, 15) is 9.90 Å². The number of aliphatic hydroxyl groups is 1. The van der Waals surface area contributed by atoms with E-state index >= 15 is 0 Å². The molecular formula is C41H47N2O3+. The number of ketones is 1. The second kappa shape index (κ2) is 13.9. The number of rotatable bonds is 10. The molecule has 0 spiro atoms. The van der Waals surface area contributed by atoms with Gasteiger partial charge in [0.25, 0.3) is 0 Å². The molecule has 2 unspecified atom stereocenters. The summed E-state index contributed by atoms with van der Waals surface area (Å²) in [4.78, 5) is 15.8. The lowest BCUT2D eigenvalue weighted by molar-refractivity contribution is -0.452. The summed E-state index contributed by atoms with van der Waals surface area (Å²) in [5.41, 5.74) is 11.4. The number of aryl methyl sites for hydroxylation is 4. The minimum absolute atomic E-state index is 0.0512. The summed E-state index contributed by atoms with van der Waals surface area (Å²) in [5, 5.41) is 11.2. The van der Waals surface area contributed by atoms with Crippen molar-refractivity contribution >= 4 is 34.1 Å². The highest BCUT2D eigenvalue weighted by molar-refractivity contribution is 6.39. The number of allylic oxidation sites excluding steroid dienone is 7. The average Bonchev–Trinajstić information content (AvgIpc) is 3.04. The maximum atomic E-state index is 13.5. The normalized spacial score (nSPS) is 15.7. The highest BCUT2D eigenvalue weighted by Gasteiger charge is 2.37. The Kier molecular flexibility index (Phi) is 9.93. The fourth-order valence-electron chi connectivity index (χ4n) is 6.45. The van der Waals surface area contributed by atoms with Crippen molar-refractivity contribution in [3.05, 3.63) is 130 Å². The molecular weight excluding hydrogens is 568 g/mol. The first-order valence-electron chi connectivity index (χ1n) is 16.4. The lowest BCUT2D eigenvalue weighted by atomic mass is 9.80. The molecule has 5 rings (SSSR count). The molecule has 3 aromatic rings. The SMILES string of the molecule is CCC(C[N+](=C1C=CC(=C2C(=O)C(c3ccc(N(c4ccc(C)cc4C)C(C)CC)cc3)=C2O)C=C1)c1ccc(C)cc1C)OC. The molecule has 2 aliphatic carbocycles. The van der Waals surface area contributed by atoms with Crippen LogP contribution in [0.15, 0.2) is 102 Å². The van der Waals surface area contributed by atoms with Crippen molar-refractivity contribution in [2.75, 3.05) is 18.6 Å². The van der Waals surface area contributed by atoms with Crippen LogP contribution in [0, 0.1) is 27.7 Å². The van der Waals surface area contributed by atoms with Crippen molar-refractivity contribution in [3.8, 4) is 0 Å². The lowest BCUT2D eigenvalue weighted by Crippen LogP contribution is -2.28. The van der Waals surface area contributed by atoms with E-state index in [1.54, 1.807) is 7.11 Å². The molecule has 5 nitrogen and oxygen atoms in total. The number of carbonyl (C=O) groups excluding carboxylic acids is 1. The molecule has 0 saturated heterocycles. The molecule has 0 heterocycles. The van der Waals surface area contributed by atoms with Gasteiger partial charge in [0.2, 0.25) is 17.2 Å². The quantitative estimate of drug-likeness (QED) is 0.182. The number of hydrogen-bond acceptors (Lipinski definition) is 4. The third-order valence-electron chi connectivity index (χ3n) is 9.29. The fraction of sp³-hybridized carbons (Fsp3) is 0.317. The summed E-state index contributed by atoms with van der Waals surface area (Å²) in [7, 11) is 1.75. The summed E-state index contributed by atoms with van der Waals surface area (Å²) < 4.78 is 8.02. The third kappa shape index (κ3) is 6.43. The Morgan fingerprint density at radius 2 is 1.43 bits per heavy atom. The third-order valence-corrected chi connectivity index (χ3v) is 9.29. The molecule has 0 saturated carbocycles. The molecule has 0 bridgehead atoms. The van der Waals surface area contributed by atoms with Gasteiger partial charge in [-0.15, -0.1) is 0 Å². The van der Waals surface area contributed by atoms with Crippen LogP contribution in [0.25, 0.3) is 5.57 Å².